The van der Waals surface area contributed by atoms with Gasteiger partial charge in [-0.15, -0.1) is 0 Å². The number of ether oxygens (including phenoxy) is 2. The molecular weight excluding hydrogens is 306 g/mol. The van der Waals surface area contributed by atoms with Gasteiger partial charge in [0.2, 0.25) is 0 Å². The Hall–Kier alpha value is -2.01. The molecule has 2 heterocycles. The number of carbonyl (C=O) groups is 1. The minimum absolute atomic E-state index is 0.0583. The average molecular weight is 329 g/mol. The van der Waals surface area contributed by atoms with Gasteiger partial charge in [-0.3, -0.25) is 4.79 Å². The van der Waals surface area contributed by atoms with Crippen LogP contribution in [0, 0.1) is 12.8 Å². The molecule has 1 aliphatic heterocycles. The molecule has 4 rings (SSSR count). The van der Waals surface area contributed by atoms with Gasteiger partial charge in [0.1, 0.15) is 17.1 Å². The zero-order valence-electron chi connectivity index (χ0n) is 14.1. The highest BCUT2D eigenvalue weighted by Crippen LogP contribution is 2.35. The molecule has 1 aromatic carbocycles. The Morgan fingerprint density at radius 2 is 2.17 bits per heavy atom. The summed E-state index contributed by atoms with van der Waals surface area (Å²) in [7, 11) is 1.62. The smallest absolute Gasteiger partial charge is 0.255 e. The van der Waals surface area contributed by atoms with Crippen LogP contribution in [0.3, 0.4) is 0 Å². The molecule has 2 aromatic rings. The summed E-state index contributed by atoms with van der Waals surface area (Å²) in [6.07, 6.45) is 4.59. The summed E-state index contributed by atoms with van der Waals surface area (Å²) in [6, 6.07) is 5.74. The Bertz CT molecular complexity index is 766. The number of carbonyl (C=O) groups excluding carboxylic acids is 1. The van der Waals surface area contributed by atoms with Gasteiger partial charge in [-0.1, -0.05) is 0 Å². The van der Waals surface area contributed by atoms with Gasteiger partial charge in [0.15, 0.2) is 0 Å². The van der Waals surface area contributed by atoms with Gasteiger partial charge in [-0.25, -0.2) is 0 Å². The fourth-order valence-electron chi connectivity index (χ4n) is 4.20. The molecule has 2 fully saturated rings. The number of benzene rings is 1. The Morgan fingerprint density at radius 3 is 3.00 bits per heavy atom. The molecule has 1 saturated carbocycles. The molecule has 128 valence electrons. The lowest BCUT2D eigenvalue weighted by atomic mass is 9.81. The predicted molar refractivity (Wildman–Crippen MR) is 90.5 cm³/mol. The van der Waals surface area contributed by atoms with Crippen LogP contribution in [0.4, 0.5) is 0 Å². The fourth-order valence-corrected chi connectivity index (χ4v) is 4.20. The third-order valence-corrected chi connectivity index (χ3v) is 5.40. The molecule has 2 aliphatic rings. The molecule has 1 aromatic heterocycles. The molecule has 0 bridgehead atoms. The first-order valence-electron chi connectivity index (χ1n) is 8.67. The maximum absolute atomic E-state index is 12.9. The summed E-state index contributed by atoms with van der Waals surface area (Å²) in [5.41, 5.74) is 1.33. The van der Waals surface area contributed by atoms with Crippen LogP contribution in [-0.2, 0) is 4.74 Å². The molecule has 5 heteroatoms. The largest absolute Gasteiger partial charge is 0.497 e. The molecule has 1 aliphatic carbocycles. The minimum Gasteiger partial charge on any atom is -0.497 e. The van der Waals surface area contributed by atoms with Crippen LogP contribution in [0.15, 0.2) is 22.6 Å². The maximum atomic E-state index is 12.9. The number of aryl methyl sites for hydroxylation is 1. The number of hydrogen-bond acceptors (Lipinski definition) is 4. The van der Waals surface area contributed by atoms with Crippen molar-refractivity contribution in [3.8, 4) is 5.75 Å². The van der Waals surface area contributed by atoms with Gasteiger partial charge in [0.05, 0.1) is 18.8 Å². The number of rotatable bonds is 3. The molecular formula is C19H23NO4. The van der Waals surface area contributed by atoms with E-state index in [1.165, 1.54) is 0 Å². The highest BCUT2D eigenvalue weighted by molar-refractivity contribution is 6.07. The van der Waals surface area contributed by atoms with E-state index < -0.39 is 0 Å². The van der Waals surface area contributed by atoms with Crippen LogP contribution in [0.25, 0.3) is 11.0 Å². The molecule has 1 N–H and O–H groups in total. The second kappa shape index (κ2) is 6.13. The van der Waals surface area contributed by atoms with E-state index in [4.69, 9.17) is 13.9 Å². The lowest BCUT2D eigenvalue weighted by molar-refractivity contribution is 0.0510. The number of nitrogens with one attached hydrogen (secondary N) is 1. The number of fused-ring (bicyclic) bond motifs is 2. The van der Waals surface area contributed by atoms with Crippen LogP contribution in [0.1, 0.15) is 41.8 Å². The van der Waals surface area contributed by atoms with Crippen LogP contribution in [0.2, 0.25) is 0 Å². The van der Waals surface area contributed by atoms with Crippen molar-refractivity contribution < 1.29 is 18.7 Å². The molecule has 1 amide bonds. The SMILES string of the molecule is COc1ccc2oc(C)c(C(=O)NC3CCCC4OCCC34)c2c1. The van der Waals surface area contributed by atoms with E-state index in [1.807, 2.05) is 25.1 Å². The van der Waals surface area contributed by atoms with E-state index in [9.17, 15) is 4.79 Å². The summed E-state index contributed by atoms with van der Waals surface area (Å²) in [5, 5.41) is 4.05. The molecule has 24 heavy (non-hydrogen) atoms. The summed E-state index contributed by atoms with van der Waals surface area (Å²) in [4.78, 5) is 12.9. The third kappa shape index (κ3) is 2.57. The summed E-state index contributed by atoms with van der Waals surface area (Å²) in [6.45, 7) is 2.65. The van der Waals surface area contributed by atoms with E-state index in [-0.39, 0.29) is 11.9 Å². The molecule has 3 atom stereocenters. The van der Waals surface area contributed by atoms with Crippen LogP contribution in [0.5, 0.6) is 5.75 Å². The topological polar surface area (TPSA) is 60.7 Å². The van der Waals surface area contributed by atoms with Gasteiger partial charge < -0.3 is 19.2 Å². The van der Waals surface area contributed by atoms with Crippen molar-refractivity contribution in [1.29, 1.82) is 0 Å². The quantitative estimate of drug-likeness (QED) is 0.937. The van der Waals surface area contributed by atoms with E-state index in [0.717, 1.165) is 43.4 Å². The van der Waals surface area contributed by atoms with E-state index in [2.05, 4.69) is 5.32 Å². The third-order valence-electron chi connectivity index (χ3n) is 5.40. The second-order valence-electron chi connectivity index (χ2n) is 6.77. The number of furan rings is 1. The first-order valence-corrected chi connectivity index (χ1v) is 8.67. The average Bonchev–Trinajstić information content (AvgIpc) is 3.17. The first kappa shape index (κ1) is 15.5. The second-order valence-corrected chi connectivity index (χ2v) is 6.77. The van der Waals surface area contributed by atoms with Crippen LogP contribution in [-0.4, -0.2) is 31.8 Å². The summed E-state index contributed by atoms with van der Waals surface area (Å²) >= 11 is 0. The number of methoxy groups -OCH3 is 1. The molecule has 3 unspecified atom stereocenters. The van der Waals surface area contributed by atoms with Gasteiger partial charge in [0, 0.05) is 24.0 Å². The maximum Gasteiger partial charge on any atom is 0.255 e. The minimum atomic E-state index is -0.0583. The Labute approximate surface area is 141 Å². The van der Waals surface area contributed by atoms with Crippen molar-refractivity contribution >= 4 is 16.9 Å². The summed E-state index contributed by atoms with van der Waals surface area (Å²) in [5.74, 6) is 1.75. The predicted octanol–water partition coefficient (Wildman–Crippen LogP) is 3.44. The number of amides is 1. The lowest BCUT2D eigenvalue weighted by Crippen LogP contribution is -2.45. The zero-order chi connectivity index (χ0) is 16.7. The highest BCUT2D eigenvalue weighted by Gasteiger charge is 2.38. The molecule has 5 nitrogen and oxygen atoms in total. The van der Waals surface area contributed by atoms with Crippen molar-refractivity contribution in [3.05, 3.63) is 29.5 Å². The number of hydrogen-bond donors (Lipinski definition) is 1. The highest BCUT2D eigenvalue weighted by atomic mass is 16.5. The lowest BCUT2D eigenvalue weighted by Gasteiger charge is -2.33. The first-order chi connectivity index (χ1) is 11.7. The van der Waals surface area contributed by atoms with Crippen molar-refractivity contribution in [2.75, 3.05) is 13.7 Å². The molecule has 0 spiro atoms. The van der Waals surface area contributed by atoms with Crippen molar-refractivity contribution in [3.63, 3.8) is 0 Å². The van der Waals surface area contributed by atoms with Gasteiger partial charge >= 0.3 is 0 Å². The van der Waals surface area contributed by atoms with Crippen molar-refractivity contribution in [2.24, 2.45) is 5.92 Å². The molecule has 0 radical (unpaired) electrons. The normalized spacial score (nSPS) is 26.3. The van der Waals surface area contributed by atoms with E-state index in [1.54, 1.807) is 7.11 Å². The van der Waals surface area contributed by atoms with Crippen LogP contribution >= 0.6 is 0 Å². The monoisotopic (exact) mass is 329 g/mol. The van der Waals surface area contributed by atoms with Gasteiger partial charge in [0.25, 0.3) is 5.91 Å². The van der Waals surface area contributed by atoms with Gasteiger partial charge in [-0.05, 0) is 50.8 Å². The zero-order valence-corrected chi connectivity index (χ0v) is 14.1. The van der Waals surface area contributed by atoms with Crippen molar-refractivity contribution in [1.82, 2.24) is 5.32 Å². The van der Waals surface area contributed by atoms with Crippen molar-refractivity contribution in [2.45, 2.75) is 44.8 Å². The fraction of sp³-hybridized carbons (Fsp3) is 0.526. The van der Waals surface area contributed by atoms with E-state index in [0.29, 0.717) is 28.9 Å². The summed E-state index contributed by atoms with van der Waals surface area (Å²) < 4.78 is 16.8. The van der Waals surface area contributed by atoms with Gasteiger partial charge in [-0.2, -0.15) is 0 Å². The Kier molecular flexibility index (Phi) is 3.96. The standard InChI is InChI=1S/C19H23NO4/c1-11-18(14-10-12(22-2)6-7-17(14)24-11)19(21)20-15-4-3-5-16-13(15)8-9-23-16/h6-7,10,13,15-16H,3-5,8-9H2,1-2H3,(H,20,21). The Morgan fingerprint density at radius 1 is 1.29 bits per heavy atom. The van der Waals surface area contributed by atoms with E-state index >= 15 is 0 Å². The Balaban J connectivity index is 1.62. The molecule has 1 saturated heterocycles. The van der Waals surface area contributed by atoms with Crippen LogP contribution < -0.4 is 10.1 Å².